The zero-order valence-corrected chi connectivity index (χ0v) is 29.5. The van der Waals surface area contributed by atoms with Gasteiger partial charge in [0.05, 0.1) is 33.6 Å². The summed E-state index contributed by atoms with van der Waals surface area (Å²) in [4.78, 5) is 49.6. The Morgan fingerprint density at radius 1 is 0.843 bits per heavy atom. The predicted molar refractivity (Wildman–Crippen MR) is 196 cm³/mol. The highest BCUT2D eigenvalue weighted by atomic mass is 16.2. The van der Waals surface area contributed by atoms with Crippen molar-refractivity contribution in [1.29, 1.82) is 0 Å². The second-order valence-electron chi connectivity index (χ2n) is 13.2. The van der Waals surface area contributed by atoms with Gasteiger partial charge in [-0.25, -0.2) is 9.97 Å². The molecular formula is C37H43N11O3. The van der Waals surface area contributed by atoms with Crippen LogP contribution in [0.15, 0.2) is 42.5 Å². The Bertz CT molecular complexity index is 2310. The smallest absolute Gasteiger partial charge is 0.276 e. The van der Waals surface area contributed by atoms with E-state index in [-0.39, 0.29) is 17.6 Å². The number of hydrogen-bond donors (Lipinski definition) is 3. The van der Waals surface area contributed by atoms with Crippen LogP contribution in [0.25, 0.3) is 22.1 Å². The quantitative estimate of drug-likeness (QED) is 0.149. The highest BCUT2D eigenvalue weighted by Crippen LogP contribution is 2.28. The number of rotatable bonds is 2. The molecule has 0 saturated carbocycles. The minimum Gasteiger partial charge on any atom is -0.397 e. The lowest BCUT2D eigenvalue weighted by atomic mass is 10.0. The van der Waals surface area contributed by atoms with Gasteiger partial charge in [0.2, 0.25) is 11.9 Å². The zero-order valence-electron chi connectivity index (χ0n) is 29.5. The van der Waals surface area contributed by atoms with Gasteiger partial charge in [-0.15, -0.1) is 0 Å². The lowest BCUT2D eigenvalue weighted by molar-refractivity contribution is 0.100. The van der Waals surface area contributed by atoms with Gasteiger partial charge < -0.3 is 14.9 Å². The van der Waals surface area contributed by atoms with Gasteiger partial charge in [0.1, 0.15) is 16.9 Å². The Morgan fingerprint density at radius 2 is 1.57 bits per heavy atom. The van der Waals surface area contributed by atoms with Gasteiger partial charge in [-0.05, 0) is 96.2 Å². The molecule has 1 aliphatic rings. The standard InChI is InChI=1S/C37H43N11O3/c1-5-47-33-26(23(3)44-47)12-7-6-8-19-48-31(20-22(2)43-48)34(50)41-36-39-28-21-25(24(4)49)15-16-29(28)45(36)17-9-10-18-46-30-14-11-13-27(38)32(30)40-37(46)42-35(33)51/h11,13-16,20-21H,5-10,12,17-19,38H2,1-4H3,(H,39,41,50)(H,40,42,51). The molecule has 0 bridgehead atoms. The van der Waals surface area contributed by atoms with Crippen molar-refractivity contribution in [2.24, 2.45) is 0 Å². The number of hydrogen-bond acceptors (Lipinski definition) is 8. The highest BCUT2D eigenvalue weighted by Gasteiger charge is 2.24. The van der Waals surface area contributed by atoms with Gasteiger partial charge in [-0.2, -0.15) is 10.2 Å². The Labute approximate surface area is 295 Å². The van der Waals surface area contributed by atoms with Crippen LogP contribution < -0.4 is 16.4 Å². The fourth-order valence-electron chi connectivity index (χ4n) is 7.07. The third-order valence-electron chi connectivity index (χ3n) is 9.63. The van der Waals surface area contributed by atoms with Crippen molar-refractivity contribution in [2.75, 3.05) is 16.4 Å². The van der Waals surface area contributed by atoms with Crippen molar-refractivity contribution in [2.45, 2.75) is 92.4 Å². The molecule has 0 radical (unpaired) electrons. The second-order valence-corrected chi connectivity index (χ2v) is 13.2. The van der Waals surface area contributed by atoms with E-state index in [9.17, 15) is 14.4 Å². The maximum Gasteiger partial charge on any atom is 0.276 e. The third-order valence-corrected chi connectivity index (χ3v) is 9.63. The molecule has 0 atom stereocenters. The van der Waals surface area contributed by atoms with Crippen molar-refractivity contribution < 1.29 is 14.4 Å². The van der Waals surface area contributed by atoms with Crippen LogP contribution in [0.3, 0.4) is 0 Å². The van der Waals surface area contributed by atoms with E-state index in [4.69, 9.17) is 20.8 Å². The molecule has 0 fully saturated rings. The molecule has 2 amide bonds. The van der Waals surface area contributed by atoms with Crippen LogP contribution in [0.1, 0.15) is 94.2 Å². The first-order valence-corrected chi connectivity index (χ1v) is 17.6. The fraction of sp³-hybridized carbons (Fsp3) is 0.378. The number of para-hydroxylation sites is 1. The topological polar surface area (TPSA) is 173 Å². The van der Waals surface area contributed by atoms with E-state index >= 15 is 0 Å². The van der Waals surface area contributed by atoms with Gasteiger partial charge >= 0.3 is 0 Å². The molecule has 7 rings (SSSR count). The summed E-state index contributed by atoms with van der Waals surface area (Å²) in [5.41, 5.74) is 13.8. The molecule has 1 aliphatic heterocycles. The number of imidazole rings is 2. The minimum atomic E-state index is -0.297. The number of ketones is 1. The Balaban J connectivity index is 1.27. The van der Waals surface area contributed by atoms with Gasteiger partial charge in [0, 0.05) is 37.3 Å². The second kappa shape index (κ2) is 13.8. The Morgan fingerprint density at radius 3 is 2.33 bits per heavy atom. The van der Waals surface area contributed by atoms with E-state index in [0.29, 0.717) is 91.0 Å². The van der Waals surface area contributed by atoms with E-state index in [1.54, 1.807) is 33.6 Å². The summed E-state index contributed by atoms with van der Waals surface area (Å²) in [5, 5.41) is 15.5. The number of carbonyl (C=O) groups is 3. The molecule has 14 heteroatoms. The summed E-state index contributed by atoms with van der Waals surface area (Å²) >= 11 is 0. The predicted octanol–water partition coefficient (Wildman–Crippen LogP) is 5.91. The molecule has 4 aromatic heterocycles. The molecule has 264 valence electrons. The number of nitrogen functional groups attached to an aromatic ring is 1. The number of amides is 2. The third kappa shape index (κ3) is 6.48. The largest absolute Gasteiger partial charge is 0.397 e. The number of aromatic nitrogens is 8. The van der Waals surface area contributed by atoms with E-state index in [2.05, 4.69) is 15.7 Å². The Kier molecular flexibility index (Phi) is 9.15. The monoisotopic (exact) mass is 689 g/mol. The van der Waals surface area contributed by atoms with Crippen molar-refractivity contribution in [1.82, 2.24) is 38.7 Å². The van der Waals surface area contributed by atoms with Gasteiger partial charge in [-0.1, -0.05) is 12.5 Å². The number of Topliss-reactive ketones (excluding diaryl/α,β-unsaturated/α-hetero) is 1. The number of benzene rings is 2. The summed E-state index contributed by atoms with van der Waals surface area (Å²) in [6.07, 6.45) is 4.60. The van der Waals surface area contributed by atoms with Crippen molar-refractivity contribution in [3.8, 4) is 0 Å². The number of aryl methyl sites for hydroxylation is 6. The van der Waals surface area contributed by atoms with Crippen LogP contribution >= 0.6 is 0 Å². The van der Waals surface area contributed by atoms with Crippen LogP contribution in [0.5, 0.6) is 0 Å². The summed E-state index contributed by atoms with van der Waals surface area (Å²) in [6, 6.07) is 12.9. The molecule has 5 heterocycles. The number of nitrogens with one attached hydrogen (secondary N) is 2. The van der Waals surface area contributed by atoms with E-state index in [0.717, 1.165) is 47.2 Å². The average Bonchev–Trinajstić information content (AvgIpc) is 3.84. The van der Waals surface area contributed by atoms with Crippen LogP contribution in [0, 0.1) is 13.8 Å². The van der Waals surface area contributed by atoms with Crippen molar-refractivity contribution >= 4 is 57.2 Å². The molecule has 0 saturated heterocycles. The molecule has 0 unspecified atom stereocenters. The molecule has 2 aromatic carbocycles. The maximum atomic E-state index is 14.1. The maximum absolute atomic E-state index is 14.1. The average molecular weight is 690 g/mol. The first-order chi connectivity index (χ1) is 24.6. The van der Waals surface area contributed by atoms with E-state index in [1.165, 1.54) is 6.92 Å². The lowest BCUT2D eigenvalue weighted by Gasteiger charge is -2.13. The van der Waals surface area contributed by atoms with Crippen molar-refractivity contribution in [3.63, 3.8) is 0 Å². The summed E-state index contributed by atoms with van der Waals surface area (Å²) < 4.78 is 7.50. The number of carbonyl (C=O) groups excluding carboxylic acids is 3. The SMILES string of the molecule is CCn1nc(C)c2c1C(=O)Nc1nc3c(N)cccc3n1CCCCn1c(nc3cc(C(C)=O)ccc31)NC(=O)c1cc(C)nn1CCCCC2. The van der Waals surface area contributed by atoms with Gasteiger partial charge in [0.15, 0.2) is 5.78 Å². The summed E-state index contributed by atoms with van der Waals surface area (Å²) in [7, 11) is 0. The Hall–Kier alpha value is -5.79. The van der Waals surface area contributed by atoms with E-state index in [1.807, 2.05) is 48.1 Å². The van der Waals surface area contributed by atoms with Gasteiger partial charge in [0.25, 0.3) is 11.8 Å². The summed E-state index contributed by atoms with van der Waals surface area (Å²) in [6.45, 7) is 9.53. The van der Waals surface area contributed by atoms with Crippen LogP contribution in [-0.4, -0.2) is 56.3 Å². The molecule has 51 heavy (non-hydrogen) atoms. The molecule has 0 aliphatic carbocycles. The molecule has 4 N–H and O–H groups in total. The molecular weight excluding hydrogens is 646 g/mol. The van der Waals surface area contributed by atoms with E-state index < -0.39 is 0 Å². The van der Waals surface area contributed by atoms with Crippen LogP contribution in [-0.2, 0) is 32.6 Å². The lowest BCUT2D eigenvalue weighted by Crippen LogP contribution is -2.21. The molecule has 14 nitrogen and oxygen atoms in total. The van der Waals surface area contributed by atoms with Crippen LogP contribution in [0.4, 0.5) is 17.6 Å². The first-order valence-electron chi connectivity index (χ1n) is 17.6. The zero-order chi connectivity index (χ0) is 35.8. The van der Waals surface area contributed by atoms with Gasteiger partial charge in [-0.3, -0.25) is 34.4 Å². The number of nitrogens with zero attached hydrogens (tertiary/aromatic N) is 8. The number of nitrogens with two attached hydrogens (primary N) is 1. The first kappa shape index (κ1) is 33.7. The molecule has 0 spiro atoms. The highest BCUT2D eigenvalue weighted by molar-refractivity contribution is 6.05. The normalized spacial score (nSPS) is 15.0. The van der Waals surface area contributed by atoms with Crippen LogP contribution in [0.2, 0.25) is 0 Å². The number of fused-ring (bicyclic) bond motifs is 8. The summed E-state index contributed by atoms with van der Waals surface area (Å²) in [5.74, 6) is 0.216. The fourth-order valence-corrected chi connectivity index (χ4v) is 7.07. The minimum absolute atomic E-state index is 0.0577. The molecule has 6 aromatic rings. The van der Waals surface area contributed by atoms with Crippen molar-refractivity contribution in [3.05, 3.63) is 76.4 Å². The number of anilines is 3.